The Hall–Kier alpha value is -3.46. The van der Waals surface area contributed by atoms with Crippen LogP contribution >= 0.6 is 12.4 Å². The van der Waals surface area contributed by atoms with E-state index in [0.717, 1.165) is 10.9 Å². The van der Waals surface area contributed by atoms with Gasteiger partial charge in [-0.2, -0.15) is 0 Å². The molecule has 0 radical (unpaired) electrons. The first-order valence-electron chi connectivity index (χ1n) is 8.17. The van der Waals surface area contributed by atoms with Gasteiger partial charge in [0.25, 0.3) is 0 Å². The number of anilines is 1. The molecule has 0 aliphatic rings. The molecule has 0 atom stereocenters. The Kier molecular flexibility index (Phi) is 5.55. The third kappa shape index (κ3) is 3.52. The number of fused-ring (bicyclic) bond motifs is 1. The lowest BCUT2D eigenvalue weighted by molar-refractivity contribution is 0.356. The van der Waals surface area contributed by atoms with Crippen LogP contribution in [-0.2, 0) is 6.54 Å². The van der Waals surface area contributed by atoms with E-state index < -0.39 is 0 Å². The average molecular weight is 400 g/mol. The molecule has 0 saturated carbocycles. The molecule has 0 aliphatic heterocycles. The van der Waals surface area contributed by atoms with E-state index in [1.54, 1.807) is 25.0 Å². The highest BCUT2D eigenvalue weighted by Crippen LogP contribution is 2.34. The summed E-state index contributed by atoms with van der Waals surface area (Å²) < 4.78 is 12.4. The van der Waals surface area contributed by atoms with Crippen molar-refractivity contribution in [2.24, 2.45) is 0 Å². The van der Waals surface area contributed by atoms with Crippen LogP contribution in [0.5, 0.6) is 11.5 Å². The quantitative estimate of drug-likeness (QED) is 0.508. The van der Waals surface area contributed by atoms with Gasteiger partial charge in [0, 0.05) is 17.1 Å². The molecule has 2 heterocycles. The van der Waals surface area contributed by atoms with Crippen LogP contribution in [0.2, 0.25) is 0 Å². The predicted octanol–water partition coefficient (Wildman–Crippen LogP) is 2.35. The predicted molar refractivity (Wildman–Crippen MR) is 107 cm³/mol. The number of ether oxygens (including phenoxy) is 2. The minimum Gasteiger partial charge on any atom is -0.493 e. The zero-order chi connectivity index (χ0) is 18.8. The van der Waals surface area contributed by atoms with Gasteiger partial charge < -0.3 is 15.2 Å². The minimum absolute atomic E-state index is 0. The second-order valence-electron chi connectivity index (χ2n) is 5.85. The lowest BCUT2D eigenvalue weighted by Gasteiger charge is -2.11. The maximum atomic E-state index is 5.86. The molecule has 0 aliphatic carbocycles. The molecule has 2 N–H and O–H groups in total. The summed E-state index contributed by atoms with van der Waals surface area (Å²) in [7, 11) is 3.16. The standard InChI is InChI=1S/C18H17N7O2.ClH/c1-26-15-7-13-14(8-16(15)27-2)20-10-21-17(13)18-22-23-24-25(18)9-11-4-3-5-12(19)6-11;/h3-8,10H,9,19H2,1-2H3;1H. The molecule has 9 nitrogen and oxygen atoms in total. The Labute approximate surface area is 166 Å². The monoisotopic (exact) mass is 399 g/mol. The van der Waals surface area contributed by atoms with Gasteiger partial charge in [-0.25, -0.2) is 14.6 Å². The molecule has 4 rings (SSSR count). The number of tetrazole rings is 1. The van der Waals surface area contributed by atoms with Gasteiger partial charge >= 0.3 is 0 Å². The highest BCUT2D eigenvalue weighted by molar-refractivity contribution is 5.92. The molecule has 0 amide bonds. The van der Waals surface area contributed by atoms with Crippen LogP contribution in [0.1, 0.15) is 5.56 Å². The molecule has 0 spiro atoms. The number of aromatic nitrogens is 6. The number of nitrogen functional groups attached to an aromatic ring is 1. The topological polar surface area (TPSA) is 114 Å². The van der Waals surface area contributed by atoms with Crippen molar-refractivity contribution in [1.82, 2.24) is 30.2 Å². The molecule has 4 aromatic rings. The number of nitrogens with zero attached hydrogens (tertiary/aromatic N) is 6. The fourth-order valence-electron chi connectivity index (χ4n) is 2.91. The summed E-state index contributed by atoms with van der Waals surface area (Å²) in [5.41, 5.74) is 8.85. The molecule has 0 unspecified atom stereocenters. The van der Waals surface area contributed by atoms with Crippen molar-refractivity contribution >= 4 is 29.0 Å². The lowest BCUT2D eigenvalue weighted by Crippen LogP contribution is -2.06. The molecule has 2 aromatic carbocycles. The summed E-state index contributed by atoms with van der Waals surface area (Å²) in [6.45, 7) is 0.464. The number of halogens is 1. The van der Waals surface area contributed by atoms with Gasteiger partial charge in [-0.15, -0.1) is 17.5 Å². The first kappa shape index (κ1) is 19.3. The van der Waals surface area contributed by atoms with Gasteiger partial charge in [0.05, 0.1) is 26.3 Å². The first-order valence-corrected chi connectivity index (χ1v) is 8.17. The zero-order valence-corrected chi connectivity index (χ0v) is 16.1. The van der Waals surface area contributed by atoms with Crippen LogP contribution in [-0.4, -0.2) is 44.4 Å². The van der Waals surface area contributed by atoms with Gasteiger partial charge in [0.1, 0.15) is 12.0 Å². The number of nitrogens with two attached hydrogens (primary N) is 1. The molecular formula is C18H18ClN7O2. The highest BCUT2D eigenvalue weighted by atomic mass is 35.5. The summed E-state index contributed by atoms with van der Waals surface area (Å²) in [5.74, 6) is 1.70. The number of hydrogen-bond acceptors (Lipinski definition) is 8. The van der Waals surface area contributed by atoms with Crippen molar-refractivity contribution in [1.29, 1.82) is 0 Å². The van der Waals surface area contributed by atoms with Crippen LogP contribution in [0, 0.1) is 0 Å². The van der Waals surface area contributed by atoms with Crippen LogP contribution < -0.4 is 15.2 Å². The van der Waals surface area contributed by atoms with E-state index in [1.165, 1.54) is 6.33 Å². The third-order valence-corrected chi connectivity index (χ3v) is 4.17. The SMILES string of the molecule is COc1cc2ncnc(-c3nnnn3Cc3cccc(N)c3)c2cc1OC.Cl. The zero-order valence-electron chi connectivity index (χ0n) is 15.2. The van der Waals surface area contributed by atoms with Gasteiger partial charge in [0.15, 0.2) is 11.5 Å². The van der Waals surface area contributed by atoms with E-state index in [-0.39, 0.29) is 12.4 Å². The van der Waals surface area contributed by atoms with Gasteiger partial charge in [-0.05, 0) is 34.2 Å². The largest absolute Gasteiger partial charge is 0.493 e. The van der Waals surface area contributed by atoms with E-state index in [4.69, 9.17) is 15.2 Å². The van der Waals surface area contributed by atoms with Crippen LogP contribution in [0.4, 0.5) is 5.69 Å². The summed E-state index contributed by atoms with van der Waals surface area (Å²) in [4.78, 5) is 8.72. The van der Waals surface area contributed by atoms with Gasteiger partial charge in [0.2, 0.25) is 5.82 Å². The second kappa shape index (κ2) is 8.05. The number of methoxy groups -OCH3 is 2. The second-order valence-corrected chi connectivity index (χ2v) is 5.85. The molecular weight excluding hydrogens is 382 g/mol. The first-order chi connectivity index (χ1) is 13.2. The van der Waals surface area contributed by atoms with Crippen LogP contribution in [0.25, 0.3) is 22.4 Å². The minimum atomic E-state index is 0. The smallest absolute Gasteiger partial charge is 0.201 e. The van der Waals surface area contributed by atoms with Crippen molar-refractivity contribution in [2.45, 2.75) is 6.54 Å². The molecule has 2 aromatic heterocycles. The number of benzene rings is 2. The van der Waals surface area contributed by atoms with E-state index in [9.17, 15) is 0 Å². The molecule has 0 bridgehead atoms. The van der Waals surface area contributed by atoms with Crippen molar-refractivity contribution in [3.05, 3.63) is 48.3 Å². The van der Waals surface area contributed by atoms with Crippen LogP contribution in [0.3, 0.4) is 0 Å². The number of rotatable bonds is 5. The summed E-state index contributed by atoms with van der Waals surface area (Å²) in [5, 5.41) is 12.8. The van der Waals surface area contributed by atoms with Crippen molar-refractivity contribution in [3.63, 3.8) is 0 Å². The van der Waals surface area contributed by atoms with Gasteiger partial charge in [-0.1, -0.05) is 12.1 Å². The Balaban J connectivity index is 0.00000225. The number of hydrogen-bond donors (Lipinski definition) is 1. The molecule has 28 heavy (non-hydrogen) atoms. The summed E-state index contributed by atoms with van der Waals surface area (Å²) in [6.07, 6.45) is 1.48. The van der Waals surface area contributed by atoms with Crippen molar-refractivity contribution in [3.8, 4) is 23.0 Å². The normalized spacial score (nSPS) is 10.5. The highest BCUT2D eigenvalue weighted by Gasteiger charge is 2.17. The third-order valence-electron chi connectivity index (χ3n) is 4.17. The fourth-order valence-corrected chi connectivity index (χ4v) is 2.91. The van der Waals surface area contributed by atoms with E-state index in [0.29, 0.717) is 40.8 Å². The fraction of sp³-hybridized carbons (Fsp3) is 0.167. The molecule has 0 saturated heterocycles. The Bertz CT molecular complexity index is 1120. The maximum Gasteiger partial charge on any atom is 0.201 e. The Morgan fingerprint density at radius 2 is 1.82 bits per heavy atom. The Morgan fingerprint density at radius 3 is 2.57 bits per heavy atom. The van der Waals surface area contributed by atoms with Crippen molar-refractivity contribution in [2.75, 3.05) is 20.0 Å². The van der Waals surface area contributed by atoms with Gasteiger partial charge in [-0.3, -0.25) is 0 Å². The molecule has 10 heteroatoms. The van der Waals surface area contributed by atoms with E-state index >= 15 is 0 Å². The maximum absolute atomic E-state index is 5.86. The molecule has 0 fully saturated rings. The average Bonchev–Trinajstić information content (AvgIpc) is 3.14. The van der Waals surface area contributed by atoms with Crippen molar-refractivity contribution < 1.29 is 9.47 Å². The lowest BCUT2D eigenvalue weighted by atomic mass is 10.1. The molecule has 144 valence electrons. The summed E-state index contributed by atoms with van der Waals surface area (Å²) in [6, 6.07) is 11.2. The van der Waals surface area contributed by atoms with Crippen LogP contribution in [0.15, 0.2) is 42.7 Å². The summed E-state index contributed by atoms with van der Waals surface area (Å²) >= 11 is 0. The van der Waals surface area contributed by atoms with E-state index in [1.807, 2.05) is 30.3 Å². The van der Waals surface area contributed by atoms with E-state index in [2.05, 4.69) is 25.5 Å². The Morgan fingerprint density at radius 1 is 1.04 bits per heavy atom.